The number of rotatable bonds is 5. The molecule has 0 aliphatic carbocycles. The molecule has 1 aromatic heterocycles. The van der Waals surface area contributed by atoms with E-state index >= 15 is 0 Å². The Morgan fingerprint density at radius 2 is 2.00 bits per heavy atom. The highest BCUT2D eigenvalue weighted by molar-refractivity contribution is 5.44. The van der Waals surface area contributed by atoms with Crippen LogP contribution >= 0.6 is 0 Å². The van der Waals surface area contributed by atoms with Crippen LogP contribution in [0.2, 0.25) is 0 Å². The second-order valence-corrected chi connectivity index (χ2v) is 4.59. The lowest BCUT2D eigenvalue weighted by molar-refractivity contribution is -0.121. The highest BCUT2D eigenvalue weighted by Crippen LogP contribution is 2.16. The van der Waals surface area contributed by atoms with Gasteiger partial charge in [0.05, 0.1) is 0 Å². The van der Waals surface area contributed by atoms with Crippen LogP contribution in [-0.2, 0) is 4.79 Å². The second kappa shape index (κ2) is 9.87. The van der Waals surface area contributed by atoms with Gasteiger partial charge in [0, 0.05) is 18.8 Å². The van der Waals surface area contributed by atoms with Gasteiger partial charge in [-0.1, -0.05) is 19.1 Å². The van der Waals surface area contributed by atoms with Crippen LogP contribution in [0, 0.1) is 11.3 Å². The van der Waals surface area contributed by atoms with Gasteiger partial charge >= 0.3 is 0 Å². The van der Waals surface area contributed by atoms with Crippen molar-refractivity contribution in [3.8, 4) is 11.9 Å². The van der Waals surface area contributed by atoms with Crippen LogP contribution in [0.1, 0.15) is 24.1 Å². The summed E-state index contributed by atoms with van der Waals surface area (Å²) in [4.78, 5) is 9.77. The van der Waals surface area contributed by atoms with Crippen molar-refractivity contribution in [2.75, 3.05) is 18.9 Å². The van der Waals surface area contributed by atoms with E-state index in [1.807, 2.05) is 7.05 Å². The lowest BCUT2D eigenvalue weighted by atomic mass is 10.0. The van der Waals surface area contributed by atoms with E-state index in [1.54, 1.807) is 6.07 Å². The van der Waals surface area contributed by atoms with Gasteiger partial charge in [0.25, 0.3) is 6.47 Å². The van der Waals surface area contributed by atoms with Crippen LogP contribution in [0.15, 0.2) is 36.4 Å². The van der Waals surface area contributed by atoms with Crippen LogP contribution in [0.3, 0.4) is 0 Å². The minimum atomic E-state index is 0.0824. The molecule has 0 spiro atoms. The van der Waals surface area contributed by atoms with E-state index < -0.39 is 0 Å². The number of anilines is 1. The smallest absolute Gasteiger partial charge is 0.299 e. The van der Waals surface area contributed by atoms with E-state index in [1.165, 1.54) is 17.7 Å². The van der Waals surface area contributed by atoms with E-state index in [0.29, 0.717) is 12.5 Å². The number of nitriles is 1. The maximum absolute atomic E-state index is 9.77. The Kier molecular flexibility index (Phi) is 7.75. The van der Waals surface area contributed by atoms with E-state index in [0.717, 1.165) is 5.69 Å². The van der Waals surface area contributed by atoms with Gasteiger partial charge in [-0.2, -0.15) is 5.26 Å². The molecule has 1 unspecified atom stereocenters. The molecule has 23 heavy (non-hydrogen) atoms. The summed E-state index contributed by atoms with van der Waals surface area (Å²) < 4.78 is 4.34. The zero-order valence-corrected chi connectivity index (χ0v) is 13.1. The van der Waals surface area contributed by atoms with Gasteiger partial charge < -0.3 is 15.8 Å². The molecule has 0 saturated heterocycles. The predicted molar refractivity (Wildman–Crippen MR) is 86.9 cm³/mol. The number of hydrogen-bond acceptors (Lipinski definition) is 7. The highest BCUT2D eigenvalue weighted by atomic mass is 16.5. The van der Waals surface area contributed by atoms with Gasteiger partial charge in [0.15, 0.2) is 5.69 Å². The Bertz CT molecular complexity index is 635. The first-order valence-corrected chi connectivity index (χ1v) is 6.96. The molecule has 0 radical (unpaired) electrons. The molecule has 3 N–H and O–H groups in total. The molecule has 1 atom stereocenters. The third-order valence-electron chi connectivity index (χ3n) is 3.05. The summed E-state index contributed by atoms with van der Waals surface area (Å²) in [5, 5.41) is 18.2. The Labute approximate surface area is 135 Å². The van der Waals surface area contributed by atoms with Crippen molar-refractivity contribution in [1.82, 2.24) is 10.2 Å². The molecule has 0 saturated carbocycles. The molecular weight excluding hydrogens is 294 g/mol. The van der Waals surface area contributed by atoms with Crippen molar-refractivity contribution in [1.29, 1.82) is 5.26 Å². The SMILES string of the molecule is CNc1ccc(C(C)CN)cc1.N#Cc1ccc(OC=O)nn1. The molecule has 2 aromatic rings. The normalized spacial score (nSPS) is 10.5. The van der Waals surface area contributed by atoms with Crippen molar-refractivity contribution >= 4 is 12.2 Å². The number of nitrogens with two attached hydrogens (primary N) is 1. The van der Waals surface area contributed by atoms with Gasteiger partial charge in [-0.15, -0.1) is 10.2 Å². The molecule has 1 aromatic carbocycles. The molecular formula is C16H19N5O2. The predicted octanol–water partition coefficient (Wildman–Crippen LogP) is 1.67. The summed E-state index contributed by atoms with van der Waals surface area (Å²) in [5.41, 5.74) is 8.19. The number of benzene rings is 1. The fourth-order valence-electron chi connectivity index (χ4n) is 1.61. The quantitative estimate of drug-likeness (QED) is 0.807. The first kappa shape index (κ1) is 18.1. The molecule has 7 nitrogen and oxygen atoms in total. The molecule has 2 rings (SSSR count). The van der Waals surface area contributed by atoms with Crippen molar-refractivity contribution in [2.45, 2.75) is 12.8 Å². The standard InChI is InChI=1S/C10H16N2.C6H3N3O2/c1-8(7-11)9-3-5-10(12-2)6-4-9;7-3-5-1-2-6(9-8-5)11-4-10/h3-6,8,12H,7,11H2,1-2H3;1-2,4H. The fraction of sp³-hybridized carbons (Fsp3) is 0.250. The van der Waals surface area contributed by atoms with Crippen molar-refractivity contribution < 1.29 is 9.53 Å². The maximum atomic E-state index is 9.77. The first-order chi connectivity index (χ1) is 11.1. The Balaban J connectivity index is 0.000000231. The monoisotopic (exact) mass is 313 g/mol. The van der Waals surface area contributed by atoms with Gasteiger partial charge in [0.1, 0.15) is 6.07 Å². The topological polar surface area (TPSA) is 114 Å². The van der Waals surface area contributed by atoms with E-state index in [9.17, 15) is 4.79 Å². The van der Waals surface area contributed by atoms with Crippen LogP contribution in [-0.4, -0.2) is 30.3 Å². The van der Waals surface area contributed by atoms with Crippen LogP contribution in [0.4, 0.5) is 5.69 Å². The summed E-state index contributed by atoms with van der Waals surface area (Å²) in [6.07, 6.45) is 0. The van der Waals surface area contributed by atoms with Gasteiger partial charge in [0.2, 0.25) is 5.88 Å². The largest absolute Gasteiger partial charge is 0.408 e. The second-order valence-electron chi connectivity index (χ2n) is 4.59. The summed E-state index contributed by atoms with van der Waals surface area (Å²) >= 11 is 0. The van der Waals surface area contributed by atoms with Gasteiger partial charge in [-0.05, 0) is 36.2 Å². The Hall–Kier alpha value is -2.98. The molecule has 0 amide bonds. The average Bonchev–Trinajstić information content (AvgIpc) is 2.62. The fourth-order valence-corrected chi connectivity index (χ4v) is 1.61. The van der Waals surface area contributed by atoms with Gasteiger partial charge in [-0.25, -0.2) is 0 Å². The maximum Gasteiger partial charge on any atom is 0.299 e. The number of carbonyl (C=O) groups is 1. The molecule has 7 heteroatoms. The molecule has 0 fully saturated rings. The van der Waals surface area contributed by atoms with E-state index in [2.05, 4.69) is 51.4 Å². The molecule has 120 valence electrons. The lowest BCUT2D eigenvalue weighted by Crippen LogP contribution is -2.08. The average molecular weight is 313 g/mol. The van der Waals surface area contributed by atoms with E-state index in [-0.39, 0.29) is 18.0 Å². The number of aromatic nitrogens is 2. The Morgan fingerprint density at radius 1 is 1.30 bits per heavy atom. The Morgan fingerprint density at radius 3 is 2.43 bits per heavy atom. The third-order valence-corrected chi connectivity index (χ3v) is 3.05. The summed E-state index contributed by atoms with van der Waals surface area (Å²) in [6, 6.07) is 12.9. The third kappa shape index (κ3) is 6.11. The summed E-state index contributed by atoms with van der Waals surface area (Å²) in [6.45, 7) is 3.09. The van der Waals surface area contributed by atoms with Crippen LogP contribution in [0.5, 0.6) is 5.88 Å². The van der Waals surface area contributed by atoms with E-state index in [4.69, 9.17) is 11.0 Å². The number of carbonyl (C=O) groups excluding carboxylic acids is 1. The molecule has 1 heterocycles. The summed E-state index contributed by atoms with van der Waals surface area (Å²) in [7, 11) is 1.92. The van der Waals surface area contributed by atoms with Crippen molar-refractivity contribution in [3.05, 3.63) is 47.7 Å². The number of nitrogens with zero attached hydrogens (tertiary/aromatic N) is 3. The van der Waals surface area contributed by atoms with Gasteiger partial charge in [-0.3, -0.25) is 4.79 Å². The zero-order valence-electron chi connectivity index (χ0n) is 13.1. The number of ether oxygens (including phenoxy) is 1. The number of nitrogens with one attached hydrogen (secondary N) is 1. The highest BCUT2D eigenvalue weighted by Gasteiger charge is 2.01. The van der Waals surface area contributed by atoms with Crippen molar-refractivity contribution in [3.63, 3.8) is 0 Å². The minimum absolute atomic E-state index is 0.0824. The number of hydrogen-bond donors (Lipinski definition) is 2. The molecule has 0 aliphatic rings. The first-order valence-electron chi connectivity index (χ1n) is 6.96. The summed E-state index contributed by atoms with van der Waals surface area (Å²) in [5.74, 6) is 0.537. The van der Waals surface area contributed by atoms with Crippen LogP contribution < -0.4 is 15.8 Å². The zero-order chi connectivity index (χ0) is 17.1. The minimum Gasteiger partial charge on any atom is -0.408 e. The molecule has 0 bridgehead atoms. The van der Waals surface area contributed by atoms with Crippen molar-refractivity contribution in [2.24, 2.45) is 5.73 Å². The van der Waals surface area contributed by atoms with Crippen LogP contribution in [0.25, 0.3) is 0 Å². The lowest BCUT2D eigenvalue weighted by Gasteiger charge is -2.09. The molecule has 0 aliphatic heterocycles.